The van der Waals surface area contributed by atoms with Gasteiger partial charge in [-0.15, -0.1) is 0 Å². The van der Waals surface area contributed by atoms with E-state index in [1.165, 1.54) is 18.2 Å². The van der Waals surface area contributed by atoms with Crippen LogP contribution in [0.5, 0.6) is 0 Å². The van der Waals surface area contributed by atoms with Crippen molar-refractivity contribution in [2.24, 2.45) is 4.99 Å². The Balaban J connectivity index is 0.00000216. The van der Waals surface area contributed by atoms with Crippen LogP contribution in [-0.4, -0.2) is 18.6 Å². The van der Waals surface area contributed by atoms with Gasteiger partial charge >= 0.3 is 12.4 Å². The highest BCUT2D eigenvalue weighted by Gasteiger charge is 2.41. The van der Waals surface area contributed by atoms with Gasteiger partial charge in [0.2, 0.25) is 0 Å². The quantitative estimate of drug-likeness (QED) is 0.306. The van der Waals surface area contributed by atoms with Gasteiger partial charge in [0, 0.05) is 34.6 Å². The minimum absolute atomic E-state index is 0.0956. The number of alkyl halides is 6. The Morgan fingerprint density at radius 2 is 1.62 bits per heavy atom. The van der Waals surface area contributed by atoms with Gasteiger partial charge in [-0.05, 0) is 37.5 Å². The summed E-state index contributed by atoms with van der Waals surface area (Å²) in [5.74, 6) is -1.24. The molecule has 0 saturated heterocycles. The number of allylic oxidation sites excluding steroid dienone is 3. The zero-order valence-corrected chi connectivity index (χ0v) is 22.3. The monoisotopic (exact) mass is 568 g/mol. The smallest absolute Gasteiger partial charge is 0.382 e. The first-order valence-corrected chi connectivity index (χ1v) is 12.9. The molecule has 1 unspecified atom stereocenters. The second-order valence-corrected chi connectivity index (χ2v) is 8.83. The predicted octanol–water partition coefficient (Wildman–Crippen LogP) is 8.54. The molecule has 0 radical (unpaired) electrons. The minimum atomic E-state index is -4.82. The third-order valence-corrected chi connectivity index (χ3v) is 6.23. The fourth-order valence-electron chi connectivity index (χ4n) is 4.42. The molecule has 0 amide bonds. The second-order valence-electron chi connectivity index (χ2n) is 8.83. The van der Waals surface area contributed by atoms with Crippen molar-refractivity contribution in [3.05, 3.63) is 100 Å². The van der Waals surface area contributed by atoms with Crippen LogP contribution in [0.4, 0.5) is 36.4 Å². The van der Waals surface area contributed by atoms with Gasteiger partial charge in [-0.25, -0.2) is 9.38 Å². The Kier molecular flexibility index (Phi) is 9.70. The number of aliphatic imine (C=N–C) groups is 1. The van der Waals surface area contributed by atoms with E-state index in [1.807, 2.05) is 13.8 Å². The van der Waals surface area contributed by atoms with E-state index in [0.717, 1.165) is 6.07 Å². The zero-order valence-electron chi connectivity index (χ0n) is 22.3. The lowest BCUT2D eigenvalue weighted by atomic mass is 9.92. The molecule has 1 aliphatic heterocycles. The number of hydrogen-bond acceptors (Lipinski definition) is 4. The average molecular weight is 569 g/mol. The summed E-state index contributed by atoms with van der Waals surface area (Å²) in [6.45, 7) is 9.94. The molecule has 40 heavy (non-hydrogen) atoms. The summed E-state index contributed by atoms with van der Waals surface area (Å²) in [7, 11) is 0. The molecule has 0 aromatic heterocycles. The molecule has 2 aliphatic rings. The number of fused-ring (bicyclic) bond motifs is 1. The molecule has 2 aromatic rings. The van der Waals surface area contributed by atoms with Gasteiger partial charge in [-0.3, -0.25) is 0 Å². The Bertz CT molecular complexity index is 1320. The Hall–Kier alpha value is -3.76. The van der Waals surface area contributed by atoms with Crippen LogP contribution < -0.4 is 16.0 Å². The highest BCUT2D eigenvalue weighted by atomic mass is 19.4. The second kappa shape index (κ2) is 12.6. The van der Waals surface area contributed by atoms with Crippen LogP contribution in [-0.2, 0) is 6.18 Å². The molecule has 3 N–H and O–H groups in total. The number of amidine groups is 1. The first-order chi connectivity index (χ1) is 18.9. The maximum absolute atomic E-state index is 15.0. The summed E-state index contributed by atoms with van der Waals surface area (Å²) in [4.78, 5) is 4.47. The van der Waals surface area contributed by atoms with Crippen molar-refractivity contribution < 1.29 is 30.7 Å². The van der Waals surface area contributed by atoms with Crippen molar-refractivity contribution in [3.8, 4) is 0 Å². The van der Waals surface area contributed by atoms with Crippen LogP contribution in [0.15, 0.2) is 88.5 Å². The van der Waals surface area contributed by atoms with E-state index in [2.05, 4.69) is 27.5 Å². The highest BCUT2D eigenvalue weighted by Crippen LogP contribution is 2.42. The maximum Gasteiger partial charge on any atom is 0.416 e. The lowest BCUT2D eigenvalue weighted by Crippen LogP contribution is -2.33. The third-order valence-electron chi connectivity index (χ3n) is 6.23. The van der Waals surface area contributed by atoms with Gasteiger partial charge in [-0.2, -0.15) is 26.3 Å². The van der Waals surface area contributed by atoms with Crippen LogP contribution in [0, 0.1) is 0 Å². The van der Waals surface area contributed by atoms with Crippen LogP contribution in [0.2, 0.25) is 0 Å². The molecular formula is C29H31F7N4. The lowest BCUT2D eigenvalue weighted by Gasteiger charge is -2.30. The number of hydrogen-bond donors (Lipinski definition) is 3. The standard InChI is InChI=1S/C27H25F7N4.C2H6/c1-3-14-35-23-16(12-13-20(22(23)28)27(32,33)34)15(2)36-25-18-9-5-7-11-21(18)37-24(38-25)17-8-4-6-10-19(17)26(29,30)31;1-2/h4-11,24,35,37H,2-3,12-14H2,1H3,(H,36,38);1-2H3. The molecule has 4 rings (SSSR count). The van der Waals surface area contributed by atoms with Crippen LogP contribution >= 0.6 is 0 Å². The first-order valence-electron chi connectivity index (χ1n) is 12.9. The van der Waals surface area contributed by atoms with Crippen molar-refractivity contribution in [1.82, 2.24) is 10.6 Å². The topological polar surface area (TPSA) is 48.5 Å². The highest BCUT2D eigenvalue weighted by molar-refractivity contribution is 6.06. The molecule has 1 aliphatic carbocycles. The number of halogens is 7. The fourth-order valence-corrected chi connectivity index (χ4v) is 4.42. The molecule has 0 saturated carbocycles. The molecule has 1 atom stereocenters. The molecule has 1 heterocycles. The molecule has 11 heteroatoms. The fraction of sp³-hybridized carbons (Fsp3) is 0.345. The van der Waals surface area contributed by atoms with E-state index < -0.39 is 41.9 Å². The number of rotatable bonds is 6. The number of para-hydroxylation sites is 1. The molecule has 4 nitrogen and oxygen atoms in total. The molecule has 0 bridgehead atoms. The molecule has 2 aromatic carbocycles. The number of anilines is 1. The van der Waals surface area contributed by atoms with Gasteiger partial charge in [-0.1, -0.05) is 57.7 Å². The largest absolute Gasteiger partial charge is 0.416 e. The first kappa shape index (κ1) is 30.8. The maximum atomic E-state index is 15.0. The van der Waals surface area contributed by atoms with Crippen molar-refractivity contribution in [2.75, 3.05) is 11.9 Å². The van der Waals surface area contributed by atoms with Crippen LogP contribution in [0.1, 0.15) is 62.9 Å². The number of nitrogens with one attached hydrogen (secondary N) is 3. The van der Waals surface area contributed by atoms with E-state index >= 15 is 4.39 Å². The Morgan fingerprint density at radius 1 is 0.975 bits per heavy atom. The molecule has 0 spiro atoms. The number of nitrogens with zero attached hydrogens (tertiary/aromatic N) is 1. The van der Waals surface area contributed by atoms with Gasteiger partial charge in [0.15, 0.2) is 5.83 Å². The molecule has 0 fully saturated rings. The predicted molar refractivity (Wildman–Crippen MR) is 143 cm³/mol. The summed E-state index contributed by atoms with van der Waals surface area (Å²) in [5.41, 5.74) is -1.20. The number of benzene rings is 2. The average Bonchev–Trinajstić information content (AvgIpc) is 2.92. The Labute approximate surface area is 228 Å². The van der Waals surface area contributed by atoms with E-state index in [-0.39, 0.29) is 41.3 Å². The van der Waals surface area contributed by atoms with Crippen molar-refractivity contribution in [1.29, 1.82) is 0 Å². The SMILES string of the molecule is C=C(NC1=NC(c2ccccc2C(F)(F)F)Nc2ccccc21)C1=C(NCCC)C(F)=C(C(F)(F)F)CC1.CC. The van der Waals surface area contributed by atoms with E-state index in [9.17, 15) is 26.3 Å². The summed E-state index contributed by atoms with van der Waals surface area (Å²) in [6.07, 6.45) is -10.7. The van der Waals surface area contributed by atoms with E-state index in [0.29, 0.717) is 17.7 Å². The van der Waals surface area contributed by atoms with Crippen molar-refractivity contribution in [3.63, 3.8) is 0 Å². The third kappa shape index (κ3) is 6.68. The van der Waals surface area contributed by atoms with Crippen molar-refractivity contribution >= 4 is 11.5 Å². The summed E-state index contributed by atoms with van der Waals surface area (Å²) in [5, 5.41) is 8.69. The van der Waals surface area contributed by atoms with Gasteiger partial charge < -0.3 is 16.0 Å². The minimum Gasteiger partial charge on any atom is -0.382 e. The van der Waals surface area contributed by atoms with Crippen molar-refractivity contribution in [2.45, 2.75) is 58.6 Å². The van der Waals surface area contributed by atoms with Crippen LogP contribution in [0.3, 0.4) is 0 Å². The summed E-state index contributed by atoms with van der Waals surface area (Å²) < 4.78 is 96.3. The lowest BCUT2D eigenvalue weighted by molar-refractivity contribution is -0.138. The Morgan fingerprint density at radius 3 is 2.27 bits per heavy atom. The normalized spacial score (nSPS) is 17.2. The molecule has 216 valence electrons. The van der Waals surface area contributed by atoms with Gasteiger partial charge in [0.05, 0.1) is 16.8 Å². The summed E-state index contributed by atoms with van der Waals surface area (Å²) in [6, 6.07) is 11.8. The van der Waals surface area contributed by atoms with E-state index in [1.54, 1.807) is 31.2 Å². The van der Waals surface area contributed by atoms with Gasteiger partial charge in [0.1, 0.15) is 12.0 Å². The molecular weight excluding hydrogens is 537 g/mol. The summed E-state index contributed by atoms with van der Waals surface area (Å²) >= 11 is 0. The van der Waals surface area contributed by atoms with E-state index in [4.69, 9.17) is 0 Å². The van der Waals surface area contributed by atoms with Crippen LogP contribution in [0.25, 0.3) is 0 Å². The van der Waals surface area contributed by atoms with Gasteiger partial charge in [0.25, 0.3) is 0 Å². The zero-order chi connectivity index (χ0) is 29.7.